The summed E-state index contributed by atoms with van der Waals surface area (Å²) in [6.45, 7) is 0.607. The number of methoxy groups -OCH3 is 1. The highest BCUT2D eigenvalue weighted by Crippen LogP contribution is 2.26. The summed E-state index contributed by atoms with van der Waals surface area (Å²) in [5.41, 5.74) is 4.07. The van der Waals surface area contributed by atoms with Crippen molar-refractivity contribution in [1.82, 2.24) is 4.90 Å². The number of ether oxygens (including phenoxy) is 1. The Morgan fingerprint density at radius 1 is 0.853 bits per heavy atom. The van der Waals surface area contributed by atoms with Crippen molar-refractivity contribution in [2.45, 2.75) is 6.54 Å². The number of carbonyl (C=O) groups is 2. The number of carbonyl (C=O) groups excluding carboxylic acids is 2. The van der Waals surface area contributed by atoms with Gasteiger partial charge in [0.2, 0.25) is 0 Å². The van der Waals surface area contributed by atoms with Gasteiger partial charge < -0.3 is 9.64 Å². The van der Waals surface area contributed by atoms with Gasteiger partial charge in [0.15, 0.2) is 9.84 Å². The highest BCUT2D eigenvalue weighted by Gasteiger charge is 2.29. The van der Waals surface area contributed by atoms with Crippen LogP contribution in [-0.2, 0) is 21.1 Å². The molecule has 0 atom stereocenters. The molecule has 0 aromatic heterocycles. The van der Waals surface area contributed by atoms with Gasteiger partial charge in [-0.15, -0.1) is 0 Å². The first-order valence-electron chi connectivity index (χ1n) is 11.0. The molecule has 2 amide bonds. The van der Waals surface area contributed by atoms with Gasteiger partial charge in [-0.25, -0.2) is 18.0 Å². The van der Waals surface area contributed by atoms with E-state index < -0.39 is 15.8 Å². The largest absolute Gasteiger partial charge is 0.465 e. The summed E-state index contributed by atoms with van der Waals surface area (Å²) >= 11 is 0. The van der Waals surface area contributed by atoms with Gasteiger partial charge in [0, 0.05) is 18.8 Å². The molecule has 34 heavy (non-hydrogen) atoms. The topological polar surface area (TPSA) is 84.0 Å². The van der Waals surface area contributed by atoms with Gasteiger partial charge in [0.05, 0.1) is 30.7 Å². The maximum Gasteiger partial charge on any atom is 0.337 e. The molecule has 1 aliphatic heterocycles. The summed E-state index contributed by atoms with van der Waals surface area (Å²) in [6.07, 6.45) is 0. The standard InChI is InChI=1S/C26H26N2O5S/c1-33-25(29)23-9-7-20(8-10-23)19-28(26(30)27-15-17-34(31,32)18-16-27)24-13-11-22(12-14-24)21-5-3-2-4-6-21/h2-14H,15-19H2,1H3. The van der Waals surface area contributed by atoms with E-state index in [0.717, 1.165) is 16.7 Å². The Morgan fingerprint density at radius 2 is 1.44 bits per heavy atom. The highest BCUT2D eigenvalue weighted by molar-refractivity contribution is 7.91. The molecule has 1 aliphatic rings. The Bertz CT molecular complexity index is 1240. The Balaban J connectivity index is 1.61. The van der Waals surface area contributed by atoms with E-state index in [0.29, 0.717) is 11.3 Å². The normalized spacial score (nSPS) is 14.9. The SMILES string of the molecule is COC(=O)c1ccc(CN(C(=O)N2CCS(=O)(=O)CC2)c2ccc(-c3ccccc3)cc2)cc1. The third kappa shape index (κ3) is 5.46. The number of nitrogens with zero attached hydrogens (tertiary/aromatic N) is 2. The lowest BCUT2D eigenvalue weighted by Crippen LogP contribution is -2.49. The number of sulfone groups is 1. The van der Waals surface area contributed by atoms with Crippen LogP contribution in [0.5, 0.6) is 0 Å². The molecule has 7 nitrogen and oxygen atoms in total. The molecular weight excluding hydrogens is 452 g/mol. The van der Waals surface area contributed by atoms with Crippen LogP contribution < -0.4 is 4.90 Å². The average molecular weight is 479 g/mol. The zero-order valence-corrected chi connectivity index (χ0v) is 19.7. The number of hydrogen-bond donors (Lipinski definition) is 0. The second-order valence-electron chi connectivity index (χ2n) is 8.11. The molecule has 0 spiro atoms. The third-order valence-corrected chi connectivity index (χ3v) is 7.46. The first-order chi connectivity index (χ1) is 16.4. The van der Waals surface area contributed by atoms with E-state index >= 15 is 0 Å². The predicted molar refractivity (Wildman–Crippen MR) is 131 cm³/mol. The van der Waals surface area contributed by atoms with E-state index in [2.05, 4.69) is 0 Å². The summed E-state index contributed by atoms with van der Waals surface area (Å²) in [4.78, 5) is 28.4. The molecular formula is C26H26N2O5S. The molecule has 0 aliphatic carbocycles. The number of amides is 2. The molecule has 4 rings (SSSR count). The Hall–Kier alpha value is -3.65. The lowest BCUT2D eigenvalue weighted by atomic mass is 10.1. The van der Waals surface area contributed by atoms with E-state index in [1.807, 2.05) is 54.6 Å². The summed E-state index contributed by atoms with van der Waals surface area (Å²) < 4.78 is 28.4. The van der Waals surface area contributed by atoms with E-state index in [9.17, 15) is 18.0 Å². The molecule has 1 fully saturated rings. The smallest absolute Gasteiger partial charge is 0.337 e. The average Bonchev–Trinajstić information content (AvgIpc) is 2.87. The summed E-state index contributed by atoms with van der Waals surface area (Å²) in [7, 11) is -1.78. The van der Waals surface area contributed by atoms with Crippen molar-refractivity contribution in [1.29, 1.82) is 0 Å². The number of esters is 1. The van der Waals surface area contributed by atoms with Crippen LogP contribution in [0.3, 0.4) is 0 Å². The fourth-order valence-corrected chi connectivity index (χ4v) is 5.06. The van der Waals surface area contributed by atoms with Gasteiger partial charge in [-0.3, -0.25) is 4.90 Å². The molecule has 1 saturated heterocycles. The van der Waals surface area contributed by atoms with E-state index in [-0.39, 0.29) is 37.2 Å². The zero-order chi connectivity index (χ0) is 24.1. The third-order valence-electron chi connectivity index (χ3n) is 5.85. The van der Waals surface area contributed by atoms with Crippen molar-refractivity contribution in [3.8, 4) is 11.1 Å². The van der Waals surface area contributed by atoms with Gasteiger partial charge in [-0.05, 0) is 41.0 Å². The number of urea groups is 1. The number of anilines is 1. The zero-order valence-electron chi connectivity index (χ0n) is 18.9. The van der Waals surface area contributed by atoms with Crippen LogP contribution in [0.1, 0.15) is 15.9 Å². The van der Waals surface area contributed by atoms with Crippen molar-refractivity contribution in [2.75, 3.05) is 36.6 Å². The second kappa shape index (κ2) is 10.1. The monoisotopic (exact) mass is 478 g/mol. The van der Waals surface area contributed by atoms with Crippen LogP contribution >= 0.6 is 0 Å². The van der Waals surface area contributed by atoms with Gasteiger partial charge in [0.25, 0.3) is 0 Å². The summed E-state index contributed by atoms with van der Waals surface area (Å²) in [5, 5.41) is 0. The maximum atomic E-state index is 13.5. The Morgan fingerprint density at radius 3 is 2.03 bits per heavy atom. The van der Waals surface area contributed by atoms with Gasteiger partial charge >= 0.3 is 12.0 Å². The minimum atomic E-state index is -3.11. The van der Waals surface area contributed by atoms with Crippen LogP contribution in [-0.4, -0.2) is 57.0 Å². The molecule has 0 saturated carbocycles. The molecule has 176 valence electrons. The summed E-state index contributed by atoms with van der Waals surface area (Å²) in [5.74, 6) is -0.494. The van der Waals surface area contributed by atoms with Crippen molar-refractivity contribution < 1.29 is 22.7 Å². The molecule has 3 aromatic rings. The van der Waals surface area contributed by atoms with E-state index in [1.165, 1.54) is 7.11 Å². The van der Waals surface area contributed by atoms with Crippen LogP contribution in [0.4, 0.5) is 10.5 Å². The molecule has 0 N–H and O–H groups in total. The Labute approximate surface area is 199 Å². The molecule has 1 heterocycles. The van der Waals surface area contributed by atoms with Crippen molar-refractivity contribution in [3.63, 3.8) is 0 Å². The van der Waals surface area contributed by atoms with Crippen LogP contribution in [0.2, 0.25) is 0 Å². The van der Waals surface area contributed by atoms with Gasteiger partial charge in [0.1, 0.15) is 0 Å². The second-order valence-corrected chi connectivity index (χ2v) is 10.4. The van der Waals surface area contributed by atoms with Crippen molar-refractivity contribution in [2.24, 2.45) is 0 Å². The molecule has 8 heteroatoms. The molecule has 0 bridgehead atoms. The lowest BCUT2D eigenvalue weighted by molar-refractivity contribution is 0.0600. The number of hydrogen-bond acceptors (Lipinski definition) is 5. The van der Waals surface area contributed by atoms with E-state index in [1.54, 1.807) is 34.1 Å². The first kappa shape index (κ1) is 23.5. The predicted octanol–water partition coefficient (Wildman–Crippen LogP) is 4.00. The minimum Gasteiger partial charge on any atom is -0.465 e. The van der Waals surface area contributed by atoms with Crippen LogP contribution in [0.25, 0.3) is 11.1 Å². The van der Waals surface area contributed by atoms with Crippen LogP contribution in [0, 0.1) is 0 Å². The van der Waals surface area contributed by atoms with Gasteiger partial charge in [-0.2, -0.15) is 0 Å². The number of benzene rings is 3. The fourth-order valence-electron chi connectivity index (χ4n) is 3.85. The van der Waals surface area contributed by atoms with Crippen molar-refractivity contribution in [3.05, 3.63) is 90.0 Å². The Kier molecular flexibility index (Phi) is 6.98. The summed E-state index contributed by atoms with van der Waals surface area (Å²) in [6, 6.07) is 24.3. The number of rotatable bonds is 5. The quantitative estimate of drug-likeness (QED) is 0.518. The molecule has 3 aromatic carbocycles. The highest BCUT2D eigenvalue weighted by atomic mass is 32.2. The minimum absolute atomic E-state index is 0.0344. The first-order valence-corrected chi connectivity index (χ1v) is 12.8. The van der Waals surface area contributed by atoms with E-state index in [4.69, 9.17) is 4.74 Å². The van der Waals surface area contributed by atoms with Crippen molar-refractivity contribution >= 4 is 27.5 Å². The van der Waals surface area contributed by atoms with Gasteiger partial charge in [-0.1, -0.05) is 54.6 Å². The molecule has 0 radical (unpaired) electrons. The lowest BCUT2D eigenvalue weighted by Gasteiger charge is -2.33. The molecule has 0 unspecified atom stereocenters. The fraction of sp³-hybridized carbons (Fsp3) is 0.231. The maximum absolute atomic E-state index is 13.5. The van der Waals surface area contributed by atoms with Crippen LogP contribution in [0.15, 0.2) is 78.9 Å².